The smallest absolute Gasteiger partial charge is 0.398 e. The van der Waals surface area contributed by atoms with Gasteiger partial charge in [-0.3, -0.25) is 9.59 Å². The van der Waals surface area contributed by atoms with Crippen molar-refractivity contribution >= 4 is 34.2 Å². The molecule has 1 saturated heterocycles. The lowest BCUT2D eigenvalue weighted by molar-refractivity contribution is -0.137. The number of nitrogens with two attached hydrogens (primary N) is 1. The Balaban J connectivity index is 1.21. The molecule has 2 heterocycles. The van der Waals surface area contributed by atoms with E-state index in [0.717, 1.165) is 54.8 Å². The zero-order chi connectivity index (χ0) is 24.3. The van der Waals surface area contributed by atoms with E-state index in [1.807, 2.05) is 12.1 Å². The molecule has 0 aliphatic carbocycles. The van der Waals surface area contributed by atoms with Gasteiger partial charge in [-0.05, 0) is 55.2 Å². The number of aromatic nitrogens is 2. The van der Waals surface area contributed by atoms with E-state index in [2.05, 4.69) is 31.6 Å². The first-order valence-corrected chi connectivity index (χ1v) is 10.9. The Morgan fingerprint density at radius 1 is 1.12 bits per heavy atom. The minimum atomic E-state index is -4.60. The second-order valence-corrected chi connectivity index (χ2v) is 8.32. The van der Waals surface area contributed by atoms with Gasteiger partial charge in [0.25, 0.3) is 5.91 Å². The molecule has 2 amide bonds. The highest BCUT2D eigenvalue weighted by Crippen LogP contribution is 2.31. The highest BCUT2D eigenvalue weighted by molar-refractivity contribution is 6.00. The van der Waals surface area contributed by atoms with E-state index in [1.165, 1.54) is 0 Å². The molecule has 2 aromatic carbocycles. The van der Waals surface area contributed by atoms with Gasteiger partial charge in [0, 0.05) is 31.0 Å². The van der Waals surface area contributed by atoms with E-state index < -0.39 is 23.6 Å². The van der Waals surface area contributed by atoms with Crippen molar-refractivity contribution in [3.8, 4) is 0 Å². The number of piperidine rings is 1. The van der Waals surface area contributed by atoms with Crippen LogP contribution in [0.15, 0.2) is 42.7 Å². The monoisotopic (exact) mass is 474 g/mol. The van der Waals surface area contributed by atoms with Gasteiger partial charge in [0.05, 0.1) is 35.0 Å². The summed E-state index contributed by atoms with van der Waals surface area (Å²) < 4.78 is 38.6. The molecule has 3 aromatic rings. The van der Waals surface area contributed by atoms with Crippen LogP contribution in [-0.4, -0.2) is 48.0 Å². The van der Waals surface area contributed by atoms with Gasteiger partial charge in [-0.1, -0.05) is 0 Å². The standard InChI is InChI=1S/C23H25F3N6O2/c24-23(25,26)15-1-3-18(27)17(9-15)22(34)29-12-21(33)28-11-14-5-7-32(8-6-14)16-2-4-19-20(10-16)31-13-30-19/h1-4,9-10,13-14H,5-8,11-12,27H2,(H,28,33)(H,29,34)(H,30,31). The average Bonchev–Trinajstić information content (AvgIpc) is 3.29. The Morgan fingerprint density at radius 3 is 2.62 bits per heavy atom. The molecular formula is C23H25F3N6O2. The number of alkyl halides is 3. The maximum atomic E-state index is 12.9. The number of rotatable bonds is 6. The highest BCUT2D eigenvalue weighted by atomic mass is 19.4. The quantitative estimate of drug-likeness (QED) is 0.410. The number of amides is 2. The van der Waals surface area contributed by atoms with Crippen molar-refractivity contribution in [3.63, 3.8) is 0 Å². The van der Waals surface area contributed by atoms with Gasteiger partial charge in [-0.2, -0.15) is 13.2 Å². The Bertz CT molecular complexity index is 1180. The summed E-state index contributed by atoms with van der Waals surface area (Å²) in [5.41, 5.74) is 7.26. The van der Waals surface area contributed by atoms with Gasteiger partial charge in [0.1, 0.15) is 0 Å². The van der Waals surface area contributed by atoms with E-state index in [0.29, 0.717) is 18.5 Å². The van der Waals surface area contributed by atoms with E-state index >= 15 is 0 Å². The van der Waals surface area contributed by atoms with Crippen molar-refractivity contribution in [2.75, 3.05) is 36.8 Å². The number of hydrogen-bond acceptors (Lipinski definition) is 5. The number of imidazole rings is 1. The van der Waals surface area contributed by atoms with Gasteiger partial charge in [0.2, 0.25) is 5.91 Å². The maximum absolute atomic E-state index is 12.9. The zero-order valence-electron chi connectivity index (χ0n) is 18.3. The fourth-order valence-electron chi connectivity index (χ4n) is 4.02. The number of carbonyl (C=O) groups excluding carboxylic acids is 2. The first-order chi connectivity index (χ1) is 16.2. The first-order valence-electron chi connectivity index (χ1n) is 10.9. The molecule has 1 aromatic heterocycles. The lowest BCUT2D eigenvalue weighted by Crippen LogP contribution is -2.42. The van der Waals surface area contributed by atoms with Crippen LogP contribution in [0.25, 0.3) is 11.0 Å². The van der Waals surface area contributed by atoms with Crippen LogP contribution in [0.3, 0.4) is 0 Å². The number of aromatic amines is 1. The molecule has 180 valence electrons. The molecule has 1 aliphatic heterocycles. The topological polar surface area (TPSA) is 116 Å². The molecule has 0 saturated carbocycles. The van der Waals surface area contributed by atoms with Gasteiger partial charge in [0.15, 0.2) is 0 Å². The fourth-order valence-corrected chi connectivity index (χ4v) is 4.02. The molecule has 0 unspecified atom stereocenters. The van der Waals surface area contributed by atoms with E-state index in [-0.39, 0.29) is 17.8 Å². The third-order valence-electron chi connectivity index (χ3n) is 6.01. The summed E-state index contributed by atoms with van der Waals surface area (Å²) in [6, 6.07) is 8.62. The number of H-pyrrole nitrogens is 1. The Labute approximate surface area is 193 Å². The SMILES string of the molecule is Nc1ccc(C(F)(F)F)cc1C(=O)NCC(=O)NCC1CCN(c2ccc3[nH]cnc3c2)CC1. The Morgan fingerprint density at radius 2 is 1.88 bits per heavy atom. The van der Waals surface area contributed by atoms with Crippen molar-refractivity contribution in [1.29, 1.82) is 0 Å². The molecule has 1 fully saturated rings. The number of nitrogens with one attached hydrogen (secondary N) is 3. The minimum Gasteiger partial charge on any atom is -0.398 e. The van der Waals surface area contributed by atoms with Crippen LogP contribution in [0.5, 0.6) is 0 Å². The Hall–Kier alpha value is -3.76. The van der Waals surface area contributed by atoms with Gasteiger partial charge in [-0.15, -0.1) is 0 Å². The number of halogens is 3. The third-order valence-corrected chi connectivity index (χ3v) is 6.01. The molecule has 0 atom stereocenters. The maximum Gasteiger partial charge on any atom is 0.416 e. The molecule has 34 heavy (non-hydrogen) atoms. The largest absolute Gasteiger partial charge is 0.416 e. The Kier molecular flexibility index (Phi) is 6.62. The number of carbonyl (C=O) groups is 2. The number of benzene rings is 2. The zero-order valence-corrected chi connectivity index (χ0v) is 18.3. The first kappa shape index (κ1) is 23.4. The second kappa shape index (κ2) is 9.62. The summed E-state index contributed by atoms with van der Waals surface area (Å²) in [7, 11) is 0. The van der Waals surface area contributed by atoms with Crippen molar-refractivity contribution < 1.29 is 22.8 Å². The molecule has 11 heteroatoms. The summed E-state index contributed by atoms with van der Waals surface area (Å²) >= 11 is 0. The predicted molar refractivity (Wildman–Crippen MR) is 122 cm³/mol. The fraction of sp³-hybridized carbons (Fsp3) is 0.348. The summed E-state index contributed by atoms with van der Waals surface area (Å²) in [4.78, 5) is 34.0. The lowest BCUT2D eigenvalue weighted by atomic mass is 9.96. The number of hydrogen-bond donors (Lipinski definition) is 4. The molecule has 0 bridgehead atoms. The molecule has 8 nitrogen and oxygen atoms in total. The summed E-state index contributed by atoms with van der Waals surface area (Å²) in [5, 5.41) is 5.12. The summed E-state index contributed by atoms with van der Waals surface area (Å²) in [6.45, 7) is 1.81. The van der Waals surface area contributed by atoms with Crippen LogP contribution < -0.4 is 21.3 Å². The minimum absolute atomic E-state index is 0.0934. The van der Waals surface area contributed by atoms with Crippen LogP contribution in [0, 0.1) is 5.92 Å². The van der Waals surface area contributed by atoms with Crippen LogP contribution in [0.4, 0.5) is 24.5 Å². The van der Waals surface area contributed by atoms with E-state index in [9.17, 15) is 22.8 Å². The van der Waals surface area contributed by atoms with E-state index in [4.69, 9.17) is 5.73 Å². The normalized spacial score (nSPS) is 14.9. The van der Waals surface area contributed by atoms with Crippen molar-refractivity contribution in [1.82, 2.24) is 20.6 Å². The van der Waals surface area contributed by atoms with Crippen molar-refractivity contribution in [3.05, 3.63) is 53.9 Å². The van der Waals surface area contributed by atoms with Crippen LogP contribution in [0.1, 0.15) is 28.8 Å². The summed E-state index contributed by atoms with van der Waals surface area (Å²) in [6.07, 6.45) is -1.14. The van der Waals surface area contributed by atoms with Crippen LogP contribution >= 0.6 is 0 Å². The molecule has 0 radical (unpaired) electrons. The van der Waals surface area contributed by atoms with Crippen molar-refractivity contribution in [2.24, 2.45) is 5.92 Å². The second-order valence-electron chi connectivity index (χ2n) is 8.32. The lowest BCUT2D eigenvalue weighted by Gasteiger charge is -2.33. The van der Waals surface area contributed by atoms with Crippen LogP contribution in [0.2, 0.25) is 0 Å². The number of nitrogen functional groups attached to an aromatic ring is 1. The van der Waals surface area contributed by atoms with Crippen molar-refractivity contribution in [2.45, 2.75) is 19.0 Å². The highest BCUT2D eigenvalue weighted by Gasteiger charge is 2.31. The molecule has 4 rings (SSSR count). The van der Waals surface area contributed by atoms with Gasteiger partial charge < -0.3 is 26.3 Å². The van der Waals surface area contributed by atoms with Gasteiger partial charge in [-0.25, -0.2) is 4.98 Å². The van der Waals surface area contributed by atoms with Crippen LogP contribution in [-0.2, 0) is 11.0 Å². The van der Waals surface area contributed by atoms with E-state index in [1.54, 1.807) is 6.33 Å². The average molecular weight is 474 g/mol. The summed E-state index contributed by atoms with van der Waals surface area (Å²) in [5.74, 6) is -0.949. The molecule has 0 spiro atoms. The van der Waals surface area contributed by atoms with Gasteiger partial charge >= 0.3 is 6.18 Å². The molecule has 5 N–H and O–H groups in total. The number of anilines is 2. The molecule has 1 aliphatic rings. The number of nitrogens with zero attached hydrogens (tertiary/aromatic N) is 2. The third kappa shape index (κ3) is 5.41. The predicted octanol–water partition coefficient (Wildman–Crippen LogP) is 2.93. The molecular weight excluding hydrogens is 449 g/mol. The number of fused-ring (bicyclic) bond motifs is 1.